The zero-order valence-electron chi connectivity index (χ0n) is 8.78. The first-order valence-corrected chi connectivity index (χ1v) is 4.59. The van der Waals surface area contributed by atoms with Crippen LogP contribution in [0.1, 0.15) is 29.7 Å². The predicted octanol–water partition coefficient (Wildman–Crippen LogP) is 4.39. The van der Waals surface area contributed by atoms with Crippen LogP contribution in [0, 0.1) is 6.92 Å². The van der Waals surface area contributed by atoms with Crippen LogP contribution in [-0.2, 0) is 6.18 Å². The lowest BCUT2D eigenvalue weighted by Gasteiger charge is -2.17. The molecule has 0 radical (unpaired) electrons. The van der Waals surface area contributed by atoms with E-state index >= 15 is 0 Å². The van der Waals surface area contributed by atoms with Crippen molar-refractivity contribution in [1.29, 1.82) is 0 Å². The van der Waals surface area contributed by atoms with Crippen LogP contribution in [0.15, 0.2) is 23.3 Å². The van der Waals surface area contributed by atoms with Crippen LogP contribution >= 0.6 is 0 Å². The average molecular weight is 229 g/mol. The van der Waals surface area contributed by atoms with E-state index in [0.29, 0.717) is 5.56 Å². The van der Waals surface area contributed by atoms with Gasteiger partial charge in [0, 0.05) is 4.91 Å². The van der Waals surface area contributed by atoms with Gasteiger partial charge in [-0.3, -0.25) is 0 Å². The molecule has 1 rings (SSSR count). The van der Waals surface area contributed by atoms with E-state index in [1.165, 1.54) is 13.0 Å². The highest BCUT2D eigenvalue weighted by Crippen LogP contribution is 2.37. The molecule has 0 heterocycles. The molecule has 0 N–H and O–H groups in total. The molecule has 1 unspecified atom stereocenters. The van der Waals surface area contributed by atoms with E-state index in [2.05, 4.69) is 10.0 Å². The second-order valence-corrected chi connectivity index (χ2v) is 3.41. The molecule has 6 heteroatoms. The van der Waals surface area contributed by atoms with E-state index in [0.717, 1.165) is 6.07 Å². The molecule has 1 aromatic rings. The van der Waals surface area contributed by atoms with Gasteiger partial charge in [-0.25, -0.2) is 0 Å². The number of hydrogen-bond donors (Lipinski definition) is 0. The minimum Gasteiger partial charge on any atom is -0.166 e. The predicted molar refractivity (Wildman–Crippen MR) is 53.7 cm³/mol. The van der Waals surface area contributed by atoms with Gasteiger partial charge >= 0.3 is 6.18 Å². The lowest BCUT2D eigenvalue weighted by molar-refractivity contribution is -0.138. The smallest absolute Gasteiger partial charge is 0.166 e. The van der Waals surface area contributed by atoms with Gasteiger partial charge in [0.2, 0.25) is 0 Å². The first-order valence-electron chi connectivity index (χ1n) is 4.59. The van der Waals surface area contributed by atoms with Crippen LogP contribution in [0.5, 0.6) is 0 Å². The largest absolute Gasteiger partial charge is 0.416 e. The summed E-state index contributed by atoms with van der Waals surface area (Å²) in [5.74, 6) is 0. The number of azide groups is 1. The Balaban J connectivity index is 3.40. The quantitative estimate of drug-likeness (QED) is 0.410. The number of rotatable bonds is 2. The van der Waals surface area contributed by atoms with E-state index in [1.54, 1.807) is 13.0 Å². The van der Waals surface area contributed by atoms with Crippen LogP contribution in [0.3, 0.4) is 0 Å². The normalized spacial score (nSPS) is 13.1. The Morgan fingerprint density at radius 2 is 2.00 bits per heavy atom. The Kier molecular flexibility index (Phi) is 3.44. The number of aryl methyl sites for hydroxylation is 1. The van der Waals surface area contributed by atoms with Crippen LogP contribution < -0.4 is 0 Å². The van der Waals surface area contributed by atoms with Crippen molar-refractivity contribution in [3.05, 3.63) is 45.3 Å². The third kappa shape index (κ3) is 2.46. The van der Waals surface area contributed by atoms with Gasteiger partial charge in [-0.15, -0.1) is 0 Å². The molecule has 0 saturated carbocycles. The summed E-state index contributed by atoms with van der Waals surface area (Å²) in [4.78, 5) is 2.53. The summed E-state index contributed by atoms with van der Waals surface area (Å²) in [6.07, 6.45) is -4.43. The summed E-state index contributed by atoms with van der Waals surface area (Å²) in [7, 11) is 0. The fourth-order valence-corrected chi connectivity index (χ4v) is 1.62. The molecule has 0 fully saturated rings. The first kappa shape index (κ1) is 12.4. The molecule has 1 aromatic carbocycles. The highest BCUT2D eigenvalue weighted by molar-refractivity contribution is 5.38. The zero-order valence-corrected chi connectivity index (χ0v) is 8.78. The van der Waals surface area contributed by atoms with Crippen molar-refractivity contribution in [2.24, 2.45) is 5.11 Å². The third-order valence-electron chi connectivity index (χ3n) is 2.27. The van der Waals surface area contributed by atoms with Crippen LogP contribution in [0.4, 0.5) is 13.2 Å². The molecule has 0 saturated heterocycles. The van der Waals surface area contributed by atoms with E-state index in [1.807, 2.05) is 0 Å². The Bertz CT molecular complexity index is 433. The molecular formula is C10H10F3N3. The number of alkyl halides is 3. The van der Waals surface area contributed by atoms with Crippen molar-refractivity contribution < 1.29 is 13.2 Å². The van der Waals surface area contributed by atoms with Crippen LogP contribution in [0.25, 0.3) is 10.4 Å². The molecular weight excluding hydrogens is 219 g/mol. The van der Waals surface area contributed by atoms with Crippen molar-refractivity contribution in [1.82, 2.24) is 0 Å². The zero-order chi connectivity index (χ0) is 12.3. The van der Waals surface area contributed by atoms with Crippen molar-refractivity contribution in [2.45, 2.75) is 26.1 Å². The third-order valence-corrected chi connectivity index (χ3v) is 2.27. The summed E-state index contributed by atoms with van der Waals surface area (Å²) in [6, 6.07) is 3.06. The number of benzene rings is 1. The topological polar surface area (TPSA) is 48.8 Å². The number of nitrogens with zero attached hydrogens (tertiary/aromatic N) is 3. The lowest BCUT2D eigenvalue weighted by Crippen LogP contribution is -2.11. The molecule has 0 aliphatic rings. The maximum atomic E-state index is 12.7. The molecule has 0 amide bonds. The van der Waals surface area contributed by atoms with Gasteiger partial charge in [-0.1, -0.05) is 24.2 Å². The van der Waals surface area contributed by atoms with Gasteiger partial charge in [0.1, 0.15) is 0 Å². The Hall–Kier alpha value is -1.68. The van der Waals surface area contributed by atoms with Crippen molar-refractivity contribution in [2.75, 3.05) is 0 Å². The molecule has 0 aliphatic carbocycles. The number of hydrogen-bond acceptors (Lipinski definition) is 1. The van der Waals surface area contributed by atoms with E-state index in [9.17, 15) is 13.2 Å². The lowest BCUT2D eigenvalue weighted by atomic mass is 9.96. The van der Waals surface area contributed by atoms with Gasteiger partial charge in [0.25, 0.3) is 0 Å². The summed E-state index contributed by atoms with van der Waals surface area (Å²) in [5, 5.41) is 3.31. The molecule has 0 spiro atoms. The first-order chi connectivity index (χ1) is 7.38. The van der Waals surface area contributed by atoms with Gasteiger partial charge in [-0.05, 0) is 29.6 Å². The van der Waals surface area contributed by atoms with Crippen molar-refractivity contribution in [3.63, 3.8) is 0 Å². The van der Waals surface area contributed by atoms with Gasteiger partial charge < -0.3 is 0 Å². The van der Waals surface area contributed by atoms with Gasteiger partial charge in [0.05, 0.1) is 11.6 Å². The maximum absolute atomic E-state index is 12.7. The second-order valence-electron chi connectivity index (χ2n) is 3.41. The summed E-state index contributed by atoms with van der Waals surface area (Å²) in [6.45, 7) is 3.01. The van der Waals surface area contributed by atoms with Crippen molar-refractivity contribution in [3.8, 4) is 0 Å². The minimum absolute atomic E-state index is 0.0350. The summed E-state index contributed by atoms with van der Waals surface area (Å²) < 4.78 is 38.1. The van der Waals surface area contributed by atoms with Gasteiger partial charge in [0.15, 0.2) is 0 Å². The Labute approximate surface area is 90.5 Å². The molecule has 1 atom stereocenters. The second kappa shape index (κ2) is 4.45. The summed E-state index contributed by atoms with van der Waals surface area (Å²) in [5.41, 5.74) is 8.02. The highest BCUT2D eigenvalue weighted by atomic mass is 19.4. The maximum Gasteiger partial charge on any atom is 0.416 e. The molecule has 0 aromatic heterocycles. The summed E-state index contributed by atoms with van der Waals surface area (Å²) >= 11 is 0. The molecule has 86 valence electrons. The fourth-order valence-electron chi connectivity index (χ4n) is 1.62. The number of halogens is 3. The molecule has 16 heavy (non-hydrogen) atoms. The highest BCUT2D eigenvalue weighted by Gasteiger charge is 2.34. The minimum atomic E-state index is -4.43. The average Bonchev–Trinajstić information content (AvgIpc) is 2.16. The SMILES string of the molecule is Cc1cccc(C(F)(F)F)c1C(C)N=[N+]=[N-]. The Morgan fingerprint density at radius 3 is 2.50 bits per heavy atom. The monoisotopic (exact) mass is 229 g/mol. The molecule has 3 nitrogen and oxygen atoms in total. The molecule has 0 bridgehead atoms. The van der Waals surface area contributed by atoms with E-state index in [-0.39, 0.29) is 5.56 Å². The van der Waals surface area contributed by atoms with Crippen LogP contribution in [0.2, 0.25) is 0 Å². The van der Waals surface area contributed by atoms with E-state index in [4.69, 9.17) is 5.53 Å². The Morgan fingerprint density at radius 1 is 1.38 bits per heavy atom. The standard InChI is InChI=1S/C10H10F3N3/c1-6-4-3-5-8(10(11,12)13)9(6)7(2)15-16-14/h3-5,7H,1-2H3. The molecule has 0 aliphatic heterocycles. The fraction of sp³-hybridized carbons (Fsp3) is 0.400. The van der Waals surface area contributed by atoms with Crippen molar-refractivity contribution >= 4 is 0 Å². The van der Waals surface area contributed by atoms with Gasteiger partial charge in [-0.2, -0.15) is 13.2 Å². The van der Waals surface area contributed by atoms with Crippen LogP contribution in [-0.4, -0.2) is 0 Å². The van der Waals surface area contributed by atoms with E-state index < -0.39 is 17.8 Å².